The smallest absolute Gasteiger partial charge is 0.269 e. The summed E-state index contributed by atoms with van der Waals surface area (Å²) in [6.07, 6.45) is 1.49. The number of nitro groups is 1. The molecule has 0 amide bonds. The van der Waals surface area contributed by atoms with Crippen molar-refractivity contribution in [1.29, 1.82) is 0 Å². The first-order valence-corrected chi connectivity index (χ1v) is 6.79. The molecule has 0 aliphatic carbocycles. The molecule has 0 saturated carbocycles. The van der Waals surface area contributed by atoms with E-state index in [9.17, 15) is 10.1 Å². The van der Waals surface area contributed by atoms with Crippen LogP contribution in [0.4, 0.5) is 11.4 Å². The first-order valence-electron chi connectivity index (χ1n) is 5.65. The zero-order chi connectivity index (χ0) is 15.4. The summed E-state index contributed by atoms with van der Waals surface area (Å²) in [5, 5.41) is 15.6. The van der Waals surface area contributed by atoms with E-state index in [0.717, 1.165) is 0 Å². The lowest BCUT2D eigenvalue weighted by molar-refractivity contribution is -0.384. The van der Waals surface area contributed by atoms with Crippen molar-refractivity contribution in [2.45, 2.75) is 0 Å². The quantitative estimate of drug-likeness (QED) is 0.482. The summed E-state index contributed by atoms with van der Waals surface area (Å²) in [5.74, 6) is 0. The number of nitrogens with one attached hydrogen (secondary N) is 1. The predicted molar refractivity (Wildman–Crippen MR) is 85.8 cm³/mol. The van der Waals surface area contributed by atoms with Crippen LogP contribution in [-0.4, -0.2) is 11.1 Å². The Kier molecular flexibility index (Phi) is 5.01. The van der Waals surface area contributed by atoms with E-state index in [1.165, 1.54) is 18.3 Å². The van der Waals surface area contributed by atoms with Crippen molar-refractivity contribution in [3.63, 3.8) is 0 Å². The normalized spacial score (nSPS) is 10.8. The van der Waals surface area contributed by atoms with Gasteiger partial charge in [-0.2, -0.15) is 5.10 Å². The van der Waals surface area contributed by atoms with E-state index in [4.69, 9.17) is 34.8 Å². The molecule has 0 saturated heterocycles. The number of nitro benzene ring substituents is 1. The molecule has 2 aromatic rings. The van der Waals surface area contributed by atoms with Gasteiger partial charge in [0.05, 0.1) is 26.9 Å². The van der Waals surface area contributed by atoms with Crippen molar-refractivity contribution in [3.05, 3.63) is 67.1 Å². The molecule has 0 aliphatic rings. The fourth-order valence-electron chi connectivity index (χ4n) is 1.50. The Morgan fingerprint density at radius 3 is 2.19 bits per heavy atom. The highest BCUT2D eigenvalue weighted by Gasteiger charge is 2.06. The summed E-state index contributed by atoms with van der Waals surface area (Å²) in [5.41, 5.74) is 3.85. The van der Waals surface area contributed by atoms with E-state index in [1.807, 2.05) is 0 Å². The van der Waals surface area contributed by atoms with Crippen LogP contribution in [0.3, 0.4) is 0 Å². The monoisotopic (exact) mass is 343 g/mol. The van der Waals surface area contributed by atoms with E-state index in [0.29, 0.717) is 26.3 Å². The van der Waals surface area contributed by atoms with Gasteiger partial charge in [0, 0.05) is 17.2 Å². The van der Waals surface area contributed by atoms with Crippen molar-refractivity contribution in [2.24, 2.45) is 5.10 Å². The van der Waals surface area contributed by atoms with Gasteiger partial charge in [-0.25, -0.2) is 0 Å². The van der Waals surface area contributed by atoms with E-state index in [-0.39, 0.29) is 5.69 Å². The highest BCUT2D eigenvalue weighted by Crippen LogP contribution is 2.33. The van der Waals surface area contributed by atoms with Crippen LogP contribution in [0.1, 0.15) is 5.56 Å². The SMILES string of the molecule is O=[N+]([O-])c1ccc(/C=N/Nc2c(Cl)cc(Cl)cc2Cl)cc1. The first kappa shape index (κ1) is 15.6. The molecular weight excluding hydrogens is 337 g/mol. The summed E-state index contributed by atoms with van der Waals surface area (Å²) in [4.78, 5) is 10.1. The van der Waals surface area contributed by atoms with Gasteiger partial charge in [-0.3, -0.25) is 15.5 Å². The molecular formula is C13H8Cl3N3O2. The third-order valence-electron chi connectivity index (χ3n) is 2.50. The summed E-state index contributed by atoms with van der Waals surface area (Å²) >= 11 is 17.8. The number of hydrogen-bond acceptors (Lipinski definition) is 4. The van der Waals surface area contributed by atoms with Crippen LogP contribution in [0.15, 0.2) is 41.5 Å². The predicted octanol–water partition coefficient (Wildman–Crippen LogP) is 5.00. The maximum Gasteiger partial charge on any atom is 0.269 e. The highest BCUT2D eigenvalue weighted by molar-refractivity contribution is 6.41. The van der Waals surface area contributed by atoms with Gasteiger partial charge in [0.2, 0.25) is 0 Å². The molecule has 1 N–H and O–H groups in total. The molecule has 21 heavy (non-hydrogen) atoms. The first-order chi connectivity index (χ1) is 9.97. The van der Waals surface area contributed by atoms with Crippen LogP contribution in [0, 0.1) is 10.1 Å². The van der Waals surface area contributed by atoms with Crippen molar-refractivity contribution >= 4 is 52.4 Å². The molecule has 2 aromatic carbocycles. The zero-order valence-corrected chi connectivity index (χ0v) is 12.7. The maximum absolute atomic E-state index is 10.5. The van der Waals surface area contributed by atoms with Crippen molar-refractivity contribution in [2.75, 3.05) is 5.43 Å². The molecule has 0 aliphatic heterocycles. The van der Waals surface area contributed by atoms with Crippen LogP contribution in [0.2, 0.25) is 15.1 Å². The van der Waals surface area contributed by atoms with Crippen LogP contribution in [0.25, 0.3) is 0 Å². The Labute approximate surface area is 135 Å². The van der Waals surface area contributed by atoms with Crippen LogP contribution >= 0.6 is 34.8 Å². The Hall–Kier alpha value is -1.82. The second kappa shape index (κ2) is 6.76. The Bertz CT molecular complexity index is 679. The molecule has 5 nitrogen and oxygen atoms in total. The highest BCUT2D eigenvalue weighted by atomic mass is 35.5. The molecule has 0 heterocycles. The lowest BCUT2D eigenvalue weighted by Crippen LogP contribution is -1.93. The Morgan fingerprint density at radius 1 is 1.10 bits per heavy atom. The summed E-state index contributed by atoms with van der Waals surface area (Å²) in [6, 6.07) is 9.02. The number of hydrogen-bond donors (Lipinski definition) is 1. The molecule has 8 heteroatoms. The van der Waals surface area contributed by atoms with Crippen LogP contribution < -0.4 is 5.43 Å². The number of non-ortho nitro benzene ring substituents is 1. The van der Waals surface area contributed by atoms with Gasteiger partial charge in [0.1, 0.15) is 0 Å². The van der Waals surface area contributed by atoms with Crippen molar-refractivity contribution in [1.82, 2.24) is 0 Å². The minimum atomic E-state index is -0.466. The van der Waals surface area contributed by atoms with Crippen molar-refractivity contribution < 1.29 is 4.92 Å². The van der Waals surface area contributed by atoms with Gasteiger partial charge in [-0.1, -0.05) is 34.8 Å². The number of benzene rings is 2. The second-order valence-corrected chi connectivity index (χ2v) is 5.21. The molecule has 0 spiro atoms. The third-order valence-corrected chi connectivity index (χ3v) is 3.32. The molecule has 0 unspecified atom stereocenters. The standard InChI is InChI=1S/C13H8Cl3N3O2/c14-9-5-11(15)13(12(16)6-9)18-17-7-8-1-3-10(4-2-8)19(20)21/h1-7,18H/b17-7+. The van der Waals surface area contributed by atoms with Gasteiger partial charge in [0.15, 0.2) is 0 Å². The minimum absolute atomic E-state index is 0.0175. The molecule has 0 fully saturated rings. The fraction of sp³-hybridized carbons (Fsp3) is 0. The van der Waals surface area contributed by atoms with Crippen molar-refractivity contribution in [3.8, 4) is 0 Å². The average Bonchev–Trinajstić information content (AvgIpc) is 2.42. The second-order valence-electron chi connectivity index (χ2n) is 3.96. The third kappa shape index (κ3) is 4.07. The Balaban J connectivity index is 2.11. The molecule has 108 valence electrons. The van der Waals surface area contributed by atoms with E-state index >= 15 is 0 Å². The maximum atomic E-state index is 10.5. The van der Waals surface area contributed by atoms with Crippen LogP contribution in [0.5, 0.6) is 0 Å². The van der Waals surface area contributed by atoms with E-state index < -0.39 is 4.92 Å². The van der Waals surface area contributed by atoms with E-state index in [1.54, 1.807) is 24.3 Å². The van der Waals surface area contributed by atoms with Gasteiger partial charge in [0.25, 0.3) is 5.69 Å². The molecule has 0 atom stereocenters. The largest absolute Gasteiger partial charge is 0.275 e. The summed E-state index contributed by atoms with van der Waals surface area (Å²) < 4.78 is 0. The molecule has 0 aromatic heterocycles. The summed E-state index contributed by atoms with van der Waals surface area (Å²) in [7, 11) is 0. The average molecular weight is 345 g/mol. The number of hydrazone groups is 1. The Morgan fingerprint density at radius 2 is 1.67 bits per heavy atom. The zero-order valence-electron chi connectivity index (χ0n) is 10.4. The van der Waals surface area contributed by atoms with Gasteiger partial charge < -0.3 is 0 Å². The lowest BCUT2D eigenvalue weighted by Gasteiger charge is -2.06. The van der Waals surface area contributed by atoms with Crippen LogP contribution in [-0.2, 0) is 0 Å². The number of anilines is 1. The lowest BCUT2D eigenvalue weighted by atomic mass is 10.2. The molecule has 2 rings (SSSR count). The number of rotatable bonds is 4. The minimum Gasteiger partial charge on any atom is -0.275 e. The topological polar surface area (TPSA) is 67.5 Å². The van der Waals surface area contributed by atoms with E-state index in [2.05, 4.69) is 10.5 Å². The van der Waals surface area contributed by atoms with Gasteiger partial charge in [-0.05, 0) is 29.8 Å². The number of halogens is 3. The molecule has 0 radical (unpaired) electrons. The summed E-state index contributed by atoms with van der Waals surface area (Å²) in [6.45, 7) is 0. The number of nitrogens with zero attached hydrogens (tertiary/aromatic N) is 2. The van der Waals surface area contributed by atoms with Gasteiger partial charge >= 0.3 is 0 Å². The van der Waals surface area contributed by atoms with Gasteiger partial charge in [-0.15, -0.1) is 0 Å². The fourth-order valence-corrected chi connectivity index (χ4v) is 2.40. The molecule has 0 bridgehead atoms.